The van der Waals surface area contributed by atoms with Gasteiger partial charge in [-0.05, 0) is 23.3 Å². The Morgan fingerprint density at radius 1 is 1.04 bits per heavy atom. The van der Waals surface area contributed by atoms with Gasteiger partial charge in [-0.3, -0.25) is 9.69 Å². The van der Waals surface area contributed by atoms with Crippen molar-refractivity contribution in [2.24, 2.45) is 0 Å². The number of para-hydroxylation sites is 1. The highest BCUT2D eigenvalue weighted by Gasteiger charge is 2.20. The molecule has 122 valence electrons. The number of hydrogen-bond donors (Lipinski definition) is 2. The molecule has 4 nitrogen and oxygen atoms in total. The van der Waals surface area contributed by atoms with Gasteiger partial charge in [-0.1, -0.05) is 36.4 Å². The Bertz CT molecular complexity index is 929. The van der Waals surface area contributed by atoms with Gasteiger partial charge in [-0.15, -0.1) is 0 Å². The molecule has 4 heteroatoms. The molecule has 0 unspecified atom stereocenters. The van der Waals surface area contributed by atoms with Gasteiger partial charge in [-0.2, -0.15) is 0 Å². The van der Waals surface area contributed by atoms with Gasteiger partial charge in [0.15, 0.2) is 5.43 Å². The zero-order valence-electron chi connectivity index (χ0n) is 13.5. The van der Waals surface area contributed by atoms with E-state index >= 15 is 0 Å². The van der Waals surface area contributed by atoms with Crippen molar-refractivity contribution < 1.29 is 5.11 Å². The van der Waals surface area contributed by atoms with Gasteiger partial charge >= 0.3 is 0 Å². The summed E-state index contributed by atoms with van der Waals surface area (Å²) >= 11 is 0. The van der Waals surface area contributed by atoms with Crippen LogP contribution >= 0.6 is 0 Å². The molecule has 3 aromatic rings. The number of hydrogen-bond acceptors (Lipinski definition) is 3. The second kappa shape index (κ2) is 6.23. The maximum Gasteiger partial charge on any atom is 0.194 e. The van der Waals surface area contributed by atoms with Gasteiger partial charge in [0.25, 0.3) is 0 Å². The van der Waals surface area contributed by atoms with Crippen LogP contribution in [0.15, 0.2) is 53.3 Å². The summed E-state index contributed by atoms with van der Waals surface area (Å²) in [5, 5.41) is 9.90. The van der Waals surface area contributed by atoms with Crippen molar-refractivity contribution in [1.29, 1.82) is 0 Å². The molecule has 1 aliphatic heterocycles. The van der Waals surface area contributed by atoms with E-state index in [-0.39, 0.29) is 12.0 Å². The van der Waals surface area contributed by atoms with Crippen LogP contribution < -0.4 is 5.43 Å². The fourth-order valence-corrected chi connectivity index (χ4v) is 3.42. The van der Waals surface area contributed by atoms with Crippen molar-refractivity contribution in [2.75, 3.05) is 6.54 Å². The van der Waals surface area contributed by atoms with E-state index in [4.69, 9.17) is 5.11 Å². The molecule has 0 atom stereocenters. The van der Waals surface area contributed by atoms with Crippen molar-refractivity contribution >= 4 is 10.9 Å². The van der Waals surface area contributed by atoms with Crippen LogP contribution in [0.25, 0.3) is 10.9 Å². The molecule has 24 heavy (non-hydrogen) atoms. The van der Waals surface area contributed by atoms with Crippen molar-refractivity contribution in [3.8, 4) is 0 Å². The third-order valence-corrected chi connectivity index (χ3v) is 4.77. The fraction of sp³-hybridized carbons (Fsp3) is 0.250. The van der Waals surface area contributed by atoms with E-state index in [1.54, 1.807) is 0 Å². The van der Waals surface area contributed by atoms with Crippen molar-refractivity contribution in [3.05, 3.63) is 81.1 Å². The molecule has 2 aromatic carbocycles. The molecule has 2 heterocycles. The molecule has 2 N–H and O–H groups in total. The minimum Gasteiger partial charge on any atom is -0.392 e. The Balaban J connectivity index is 1.61. The lowest BCUT2D eigenvalue weighted by atomic mass is 10.0. The molecule has 0 amide bonds. The van der Waals surface area contributed by atoms with E-state index in [9.17, 15) is 4.79 Å². The topological polar surface area (TPSA) is 56.3 Å². The van der Waals surface area contributed by atoms with Crippen LogP contribution in [0.3, 0.4) is 0 Å². The van der Waals surface area contributed by atoms with Gasteiger partial charge < -0.3 is 10.1 Å². The highest BCUT2D eigenvalue weighted by molar-refractivity contribution is 5.79. The van der Waals surface area contributed by atoms with Crippen LogP contribution in [0.1, 0.15) is 22.4 Å². The van der Waals surface area contributed by atoms with E-state index in [0.717, 1.165) is 47.2 Å². The Kier molecular flexibility index (Phi) is 3.92. The summed E-state index contributed by atoms with van der Waals surface area (Å²) in [5.41, 5.74) is 5.17. The Labute approximate surface area is 140 Å². The fourth-order valence-electron chi connectivity index (χ4n) is 3.42. The first-order chi connectivity index (χ1) is 11.7. The number of pyridine rings is 1. The second-order valence-corrected chi connectivity index (χ2v) is 6.39. The highest BCUT2D eigenvalue weighted by Crippen LogP contribution is 2.20. The SMILES string of the molecule is O=c1c2c([nH]c3ccccc13)CCN(Cc1ccc(CO)cc1)C2. The Hall–Kier alpha value is -2.43. The minimum atomic E-state index is 0.0693. The monoisotopic (exact) mass is 320 g/mol. The quantitative estimate of drug-likeness (QED) is 0.780. The van der Waals surface area contributed by atoms with Crippen LogP contribution in [0.2, 0.25) is 0 Å². The molecule has 0 bridgehead atoms. The lowest BCUT2D eigenvalue weighted by Gasteiger charge is -2.28. The number of aromatic nitrogens is 1. The van der Waals surface area contributed by atoms with Gasteiger partial charge in [0.05, 0.1) is 6.61 Å². The van der Waals surface area contributed by atoms with Crippen LogP contribution in [0.4, 0.5) is 0 Å². The number of rotatable bonds is 3. The van der Waals surface area contributed by atoms with Crippen molar-refractivity contribution in [3.63, 3.8) is 0 Å². The molecule has 0 radical (unpaired) electrons. The highest BCUT2D eigenvalue weighted by atomic mass is 16.3. The molecule has 0 fully saturated rings. The normalized spacial score (nSPS) is 14.7. The molecule has 0 spiro atoms. The average molecular weight is 320 g/mol. The molecule has 0 saturated carbocycles. The Morgan fingerprint density at radius 2 is 1.79 bits per heavy atom. The molecule has 1 aliphatic rings. The number of benzene rings is 2. The summed E-state index contributed by atoms with van der Waals surface area (Å²) in [6.07, 6.45) is 0.865. The summed E-state index contributed by atoms with van der Waals surface area (Å²) in [7, 11) is 0. The third kappa shape index (κ3) is 2.75. The van der Waals surface area contributed by atoms with E-state index < -0.39 is 0 Å². The van der Waals surface area contributed by atoms with Crippen molar-refractivity contribution in [2.45, 2.75) is 26.1 Å². The average Bonchev–Trinajstić information content (AvgIpc) is 2.63. The molecule has 0 saturated heterocycles. The summed E-state index contributed by atoms with van der Waals surface area (Å²) in [5.74, 6) is 0. The molecule has 1 aromatic heterocycles. The first-order valence-corrected chi connectivity index (χ1v) is 8.28. The molecular formula is C20H20N2O2. The standard InChI is InChI=1S/C20H20N2O2/c23-13-15-7-5-14(6-8-15)11-22-10-9-19-17(12-22)20(24)16-3-1-2-4-18(16)21-19/h1-8,23H,9-13H2,(H,21,24). The zero-order chi connectivity index (χ0) is 16.5. The lowest BCUT2D eigenvalue weighted by Crippen LogP contribution is -2.34. The van der Waals surface area contributed by atoms with Gasteiger partial charge in [-0.25, -0.2) is 0 Å². The minimum absolute atomic E-state index is 0.0693. The van der Waals surface area contributed by atoms with Gasteiger partial charge in [0, 0.05) is 48.2 Å². The van der Waals surface area contributed by atoms with E-state index in [1.165, 1.54) is 5.56 Å². The first-order valence-electron chi connectivity index (χ1n) is 8.28. The summed E-state index contributed by atoms with van der Waals surface area (Å²) < 4.78 is 0. The van der Waals surface area contributed by atoms with E-state index in [0.29, 0.717) is 6.54 Å². The molecular weight excluding hydrogens is 300 g/mol. The van der Waals surface area contributed by atoms with Crippen LogP contribution in [0, 0.1) is 0 Å². The summed E-state index contributed by atoms with van der Waals surface area (Å²) in [4.78, 5) is 18.5. The Morgan fingerprint density at radius 3 is 2.58 bits per heavy atom. The van der Waals surface area contributed by atoms with Crippen molar-refractivity contribution in [1.82, 2.24) is 9.88 Å². The van der Waals surface area contributed by atoms with Gasteiger partial charge in [0.2, 0.25) is 0 Å². The molecule has 4 rings (SSSR count). The number of fused-ring (bicyclic) bond motifs is 2. The predicted molar refractivity (Wildman–Crippen MR) is 94.8 cm³/mol. The summed E-state index contributed by atoms with van der Waals surface area (Å²) in [6.45, 7) is 2.50. The maximum atomic E-state index is 12.8. The smallest absolute Gasteiger partial charge is 0.194 e. The molecule has 0 aliphatic carbocycles. The number of aromatic amines is 1. The lowest BCUT2D eigenvalue weighted by molar-refractivity contribution is 0.243. The van der Waals surface area contributed by atoms with E-state index in [2.05, 4.69) is 9.88 Å². The third-order valence-electron chi connectivity index (χ3n) is 4.77. The summed E-state index contributed by atoms with van der Waals surface area (Å²) in [6, 6.07) is 15.7. The number of aliphatic hydroxyl groups is 1. The van der Waals surface area contributed by atoms with Crippen LogP contribution in [-0.4, -0.2) is 21.5 Å². The number of H-pyrrole nitrogens is 1. The number of nitrogens with one attached hydrogen (secondary N) is 1. The second-order valence-electron chi connectivity index (χ2n) is 6.39. The zero-order valence-corrected chi connectivity index (χ0v) is 13.5. The predicted octanol–water partition coefficient (Wildman–Crippen LogP) is 2.58. The largest absolute Gasteiger partial charge is 0.392 e. The van der Waals surface area contributed by atoms with Gasteiger partial charge in [0.1, 0.15) is 0 Å². The number of aliphatic hydroxyl groups excluding tert-OH is 1. The number of nitrogens with zero attached hydrogens (tertiary/aromatic N) is 1. The van der Waals surface area contributed by atoms with Crippen LogP contribution in [-0.2, 0) is 26.1 Å². The van der Waals surface area contributed by atoms with Crippen LogP contribution in [0.5, 0.6) is 0 Å². The maximum absolute atomic E-state index is 12.8. The van der Waals surface area contributed by atoms with E-state index in [1.807, 2.05) is 48.5 Å². The first kappa shape index (κ1) is 15.1.